The van der Waals surface area contributed by atoms with Crippen molar-refractivity contribution in [1.82, 2.24) is 0 Å². The number of hydrogen-bond acceptors (Lipinski definition) is 13. The molecule has 206 valence electrons. The number of phenolic OH excluding ortho intramolecular Hbond substituents is 2. The predicted octanol–water partition coefficient (Wildman–Crippen LogP) is 0.420. The zero-order valence-corrected chi connectivity index (χ0v) is 20.9. The minimum absolute atomic E-state index is 0.000516. The molecule has 0 aliphatic carbocycles. The van der Waals surface area contributed by atoms with Crippen LogP contribution in [0.3, 0.4) is 0 Å². The van der Waals surface area contributed by atoms with Gasteiger partial charge in [-0.25, -0.2) is 0 Å². The van der Waals surface area contributed by atoms with Crippen LogP contribution in [0.25, 0.3) is 22.3 Å². The fourth-order valence-electron chi connectivity index (χ4n) is 4.52. The number of aliphatic hydroxyl groups excluding tert-OH is 4. The average molecular weight is 536 g/mol. The van der Waals surface area contributed by atoms with E-state index >= 15 is 0 Å². The van der Waals surface area contributed by atoms with Crippen LogP contribution in [-0.4, -0.2) is 90.1 Å². The fraction of sp³-hybridized carbons (Fsp3) is 0.400. The minimum atomic E-state index is -1.85. The highest BCUT2D eigenvalue weighted by Gasteiger charge is 2.46. The van der Waals surface area contributed by atoms with Crippen LogP contribution >= 0.6 is 0 Å². The number of ether oxygens (including phenoxy) is 5. The summed E-state index contributed by atoms with van der Waals surface area (Å²) in [5.74, 6) is -1.09. The molecule has 4 rings (SSSR count). The Balaban J connectivity index is 1.96. The lowest BCUT2D eigenvalue weighted by molar-refractivity contribution is -0.232. The second kappa shape index (κ2) is 10.6. The fourth-order valence-corrected chi connectivity index (χ4v) is 4.52. The smallest absolute Gasteiger partial charge is 0.205 e. The molecule has 2 aromatic carbocycles. The molecular formula is C25H28O13. The first-order valence-corrected chi connectivity index (χ1v) is 11.3. The van der Waals surface area contributed by atoms with E-state index in [0.29, 0.717) is 11.3 Å². The third kappa shape index (κ3) is 4.23. The highest BCUT2D eigenvalue weighted by atomic mass is 16.5. The molecule has 5 atom stereocenters. The van der Waals surface area contributed by atoms with E-state index < -0.39 is 65.0 Å². The Bertz CT molecular complexity index is 1370. The van der Waals surface area contributed by atoms with Gasteiger partial charge in [0.25, 0.3) is 0 Å². The normalized spacial score (nSPS) is 23.3. The van der Waals surface area contributed by atoms with E-state index in [0.717, 1.165) is 6.07 Å². The SMILES string of the molecule is COc1cc(-c2cc(=O)c3c(O)c(C4O[C@H](CO)[C@@H](O)[C@H](O)[C@H]4O)c(O)c(OC)c3o2)cc(OC)c1OC. The Morgan fingerprint density at radius 1 is 0.816 bits per heavy atom. The van der Waals surface area contributed by atoms with Crippen molar-refractivity contribution in [3.63, 3.8) is 0 Å². The second-order valence-corrected chi connectivity index (χ2v) is 8.49. The van der Waals surface area contributed by atoms with Crippen LogP contribution in [0.5, 0.6) is 34.5 Å². The molecule has 0 amide bonds. The second-order valence-electron chi connectivity index (χ2n) is 8.49. The molecule has 1 aliphatic heterocycles. The van der Waals surface area contributed by atoms with Gasteiger partial charge >= 0.3 is 0 Å². The molecule has 13 nitrogen and oxygen atoms in total. The molecule has 1 aliphatic rings. The Hall–Kier alpha value is -3.75. The molecular weight excluding hydrogens is 508 g/mol. The minimum Gasteiger partial charge on any atom is -0.506 e. The molecule has 0 saturated carbocycles. The standard InChI is InChI=1S/C25H28O13/c1-33-12-5-9(6-13(34-2)22(12)35-3)11-7-10(27)15-18(29)16(19(30)25(36-4)24(15)37-11)23-21(32)20(31)17(28)14(8-26)38-23/h5-7,14,17,20-21,23,26,28-32H,8H2,1-4H3/t14-,17-,20+,21-,23?/m1/s1. The number of fused-ring (bicyclic) bond motifs is 1. The van der Waals surface area contributed by atoms with Crippen molar-refractivity contribution in [3.05, 3.63) is 34.0 Å². The van der Waals surface area contributed by atoms with Crippen LogP contribution in [0, 0.1) is 0 Å². The molecule has 2 heterocycles. The third-order valence-electron chi connectivity index (χ3n) is 6.45. The van der Waals surface area contributed by atoms with E-state index in [2.05, 4.69) is 0 Å². The first-order valence-electron chi connectivity index (χ1n) is 11.3. The molecule has 1 unspecified atom stereocenters. The number of benzene rings is 2. The molecule has 1 aromatic heterocycles. The summed E-state index contributed by atoms with van der Waals surface area (Å²) in [7, 11) is 5.43. The molecule has 38 heavy (non-hydrogen) atoms. The highest BCUT2D eigenvalue weighted by molar-refractivity contribution is 5.94. The van der Waals surface area contributed by atoms with Crippen molar-refractivity contribution in [2.45, 2.75) is 30.5 Å². The van der Waals surface area contributed by atoms with E-state index in [1.807, 2.05) is 0 Å². The quantitative estimate of drug-likeness (QED) is 0.243. The molecule has 13 heteroatoms. The maximum absolute atomic E-state index is 13.3. The van der Waals surface area contributed by atoms with Gasteiger partial charge in [0.15, 0.2) is 28.3 Å². The van der Waals surface area contributed by atoms with E-state index in [1.165, 1.54) is 40.6 Å². The molecule has 0 bridgehead atoms. The summed E-state index contributed by atoms with van der Waals surface area (Å²) in [5.41, 5.74) is -1.25. The summed E-state index contributed by atoms with van der Waals surface area (Å²) in [6.07, 6.45) is -8.32. The Morgan fingerprint density at radius 2 is 1.42 bits per heavy atom. The molecule has 1 fully saturated rings. The Labute approximate surface area is 215 Å². The van der Waals surface area contributed by atoms with E-state index in [4.69, 9.17) is 28.1 Å². The largest absolute Gasteiger partial charge is 0.506 e. The molecule has 6 N–H and O–H groups in total. The van der Waals surface area contributed by atoms with Crippen LogP contribution in [-0.2, 0) is 4.74 Å². The molecule has 3 aromatic rings. The molecule has 1 saturated heterocycles. The van der Waals surface area contributed by atoms with Gasteiger partial charge in [0.2, 0.25) is 11.5 Å². The van der Waals surface area contributed by atoms with Gasteiger partial charge in [-0.1, -0.05) is 0 Å². The van der Waals surface area contributed by atoms with Crippen LogP contribution in [0.15, 0.2) is 27.4 Å². The molecule has 0 radical (unpaired) electrons. The predicted molar refractivity (Wildman–Crippen MR) is 130 cm³/mol. The summed E-state index contributed by atoms with van der Waals surface area (Å²) in [4.78, 5) is 13.3. The first kappa shape index (κ1) is 27.3. The van der Waals surface area contributed by atoms with Crippen LogP contribution in [0.1, 0.15) is 11.7 Å². The summed E-state index contributed by atoms with van der Waals surface area (Å²) < 4.78 is 32.7. The van der Waals surface area contributed by atoms with Crippen molar-refractivity contribution in [2.24, 2.45) is 0 Å². The van der Waals surface area contributed by atoms with E-state index in [-0.39, 0.29) is 28.6 Å². The van der Waals surface area contributed by atoms with Crippen molar-refractivity contribution in [1.29, 1.82) is 0 Å². The lowest BCUT2D eigenvalue weighted by Crippen LogP contribution is -2.55. The first-order chi connectivity index (χ1) is 18.1. The van der Waals surface area contributed by atoms with Crippen molar-refractivity contribution < 1.29 is 58.7 Å². The maximum Gasteiger partial charge on any atom is 0.205 e. The summed E-state index contributed by atoms with van der Waals surface area (Å²) in [6.45, 7) is -0.742. The Morgan fingerprint density at radius 3 is 1.95 bits per heavy atom. The summed E-state index contributed by atoms with van der Waals surface area (Å²) in [5, 5.41) is 62.0. The average Bonchev–Trinajstić information content (AvgIpc) is 2.91. The number of phenols is 2. The lowest BCUT2D eigenvalue weighted by Gasteiger charge is -2.40. The van der Waals surface area contributed by atoms with Crippen LogP contribution < -0.4 is 24.4 Å². The van der Waals surface area contributed by atoms with Crippen molar-refractivity contribution in [3.8, 4) is 45.8 Å². The number of hydrogen-bond donors (Lipinski definition) is 6. The third-order valence-corrected chi connectivity index (χ3v) is 6.45. The highest BCUT2D eigenvalue weighted by Crippen LogP contribution is 2.50. The van der Waals surface area contributed by atoms with Crippen LogP contribution in [0.4, 0.5) is 0 Å². The van der Waals surface area contributed by atoms with Gasteiger partial charge < -0.3 is 58.7 Å². The number of rotatable bonds is 7. The van der Waals surface area contributed by atoms with E-state index in [1.54, 1.807) is 0 Å². The van der Waals surface area contributed by atoms with Gasteiger partial charge in [0.1, 0.15) is 47.4 Å². The lowest BCUT2D eigenvalue weighted by atomic mass is 9.89. The van der Waals surface area contributed by atoms with Crippen molar-refractivity contribution >= 4 is 11.0 Å². The zero-order chi connectivity index (χ0) is 27.9. The van der Waals surface area contributed by atoms with Gasteiger partial charge in [-0.2, -0.15) is 0 Å². The summed E-state index contributed by atoms with van der Waals surface area (Å²) >= 11 is 0. The van der Waals surface area contributed by atoms with Gasteiger partial charge in [-0.3, -0.25) is 4.79 Å². The monoisotopic (exact) mass is 536 g/mol. The number of methoxy groups -OCH3 is 4. The number of aliphatic hydroxyl groups is 4. The zero-order valence-electron chi connectivity index (χ0n) is 20.9. The topological polar surface area (TPSA) is 198 Å². The number of aromatic hydroxyl groups is 2. The van der Waals surface area contributed by atoms with Crippen LogP contribution in [0.2, 0.25) is 0 Å². The summed E-state index contributed by atoms with van der Waals surface area (Å²) in [6, 6.07) is 4.14. The van der Waals surface area contributed by atoms with E-state index in [9.17, 15) is 35.4 Å². The molecule has 0 spiro atoms. The maximum atomic E-state index is 13.3. The Kier molecular flexibility index (Phi) is 7.58. The van der Waals surface area contributed by atoms with Gasteiger partial charge in [0.05, 0.1) is 40.6 Å². The van der Waals surface area contributed by atoms with Crippen molar-refractivity contribution in [2.75, 3.05) is 35.0 Å². The van der Waals surface area contributed by atoms with Gasteiger partial charge in [-0.05, 0) is 12.1 Å². The van der Waals surface area contributed by atoms with Gasteiger partial charge in [-0.15, -0.1) is 0 Å². The van der Waals surface area contributed by atoms with Gasteiger partial charge in [0, 0.05) is 11.6 Å².